The summed E-state index contributed by atoms with van der Waals surface area (Å²) in [5.74, 6) is 0.807. The van der Waals surface area contributed by atoms with Gasteiger partial charge in [-0.25, -0.2) is 0 Å². The molecule has 1 N–H and O–H groups in total. The second-order valence-corrected chi connectivity index (χ2v) is 5.52. The average molecular weight is 241 g/mol. The molecule has 1 aromatic heterocycles. The third-order valence-corrected chi connectivity index (χ3v) is 3.93. The van der Waals surface area contributed by atoms with Gasteiger partial charge in [0.25, 0.3) is 0 Å². The first-order valence-corrected chi connectivity index (χ1v) is 6.71. The monoisotopic (exact) mass is 241 g/mol. The van der Waals surface area contributed by atoms with Crippen molar-refractivity contribution in [3.05, 3.63) is 5.01 Å². The minimum Gasteiger partial charge on any atom is -0.371 e. The van der Waals surface area contributed by atoms with E-state index in [-0.39, 0.29) is 0 Å². The summed E-state index contributed by atoms with van der Waals surface area (Å²) in [6.07, 6.45) is 5.46. The van der Waals surface area contributed by atoms with Crippen LogP contribution in [0.4, 0.5) is 5.13 Å². The Morgan fingerprint density at radius 2 is 2.31 bits per heavy atom. The van der Waals surface area contributed by atoms with Crippen molar-refractivity contribution in [2.24, 2.45) is 5.92 Å². The first-order valence-electron chi connectivity index (χ1n) is 5.89. The average Bonchev–Trinajstić information content (AvgIpc) is 2.74. The second-order valence-electron chi connectivity index (χ2n) is 4.46. The SMILES string of the molecule is CNc1nnc(COC2CCCC(C)C2)s1. The Morgan fingerprint density at radius 3 is 3.00 bits per heavy atom. The quantitative estimate of drug-likeness (QED) is 0.880. The maximum absolute atomic E-state index is 5.88. The molecule has 5 heteroatoms. The van der Waals surface area contributed by atoms with Crippen LogP contribution >= 0.6 is 11.3 Å². The Kier molecular flexibility index (Phi) is 4.12. The van der Waals surface area contributed by atoms with Gasteiger partial charge in [-0.1, -0.05) is 31.1 Å². The molecule has 2 rings (SSSR count). The Morgan fingerprint density at radius 1 is 1.44 bits per heavy atom. The van der Waals surface area contributed by atoms with Gasteiger partial charge < -0.3 is 10.1 Å². The molecule has 1 aromatic rings. The minimum atomic E-state index is 0.422. The molecule has 0 radical (unpaired) electrons. The molecule has 0 bridgehead atoms. The highest BCUT2D eigenvalue weighted by Gasteiger charge is 2.19. The van der Waals surface area contributed by atoms with Crippen LogP contribution in [0, 0.1) is 5.92 Å². The fourth-order valence-corrected chi connectivity index (χ4v) is 2.75. The summed E-state index contributed by atoms with van der Waals surface area (Å²) in [4.78, 5) is 0. The predicted octanol–water partition coefficient (Wildman–Crippen LogP) is 2.68. The van der Waals surface area contributed by atoms with Gasteiger partial charge in [-0.2, -0.15) is 0 Å². The van der Waals surface area contributed by atoms with Crippen molar-refractivity contribution in [1.82, 2.24) is 10.2 Å². The van der Waals surface area contributed by atoms with Gasteiger partial charge in [-0.05, 0) is 18.8 Å². The molecule has 1 aliphatic rings. The van der Waals surface area contributed by atoms with Gasteiger partial charge >= 0.3 is 0 Å². The van der Waals surface area contributed by atoms with E-state index in [1.807, 2.05) is 7.05 Å². The highest BCUT2D eigenvalue weighted by molar-refractivity contribution is 7.15. The second kappa shape index (κ2) is 5.59. The van der Waals surface area contributed by atoms with Crippen LogP contribution in [-0.2, 0) is 11.3 Å². The first kappa shape index (κ1) is 11.8. The number of hydrogen-bond donors (Lipinski definition) is 1. The summed E-state index contributed by atoms with van der Waals surface area (Å²) in [5.41, 5.74) is 0. The fraction of sp³-hybridized carbons (Fsp3) is 0.818. The molecule has 0 saturated heterocycles. The standard InChI is InChI=1S/C11H19N3OS/c1-8-4-3-5-9(6-8)15-7-10-13-14-11(12-2)16-10/h8-9H,3-7H2,1-2H3,(H,12,14). The molecular formula is C11H19N3OS. The van der Waals surface area contributed by atoms with Gasteiger partial charge in [-0.3, -0.25) is 0 Å². The number of nitrogens with zero attached hydrogens (tertiary/aromatic N) is 2. The summed E-state index contributed by atoms with van der Waals surface area (Å²) in [6.45, 7) is 2.91. The van der Waals surface area contributed by atoms with Gasteiger partial charge in [0.2, 0.25) is 5.13 Å². The van der Waals surface area contributed by atoms with E-state index >= 15 is 0 Å². The molecule has 16 heavy (non-hydrogen) atoms. The van der Waals surface area contributed by atoms with Gasteiger partial charge in [0.05, 0.1) is 6.10 Å². The van der Waals surface area contributed by atoms with Crippen molar-refractivity contribution in [3.8, 4) is 0 Å². The Bertz CT molecular complexity index is 329. The molecule has 2 atom stereocenters. The van der Waals surface area contributed by atoms with Crippen LogP contribution in [0.15, 0.2) is 0 Å². The molecule has 0 aromatic carbocycles. The number of ether oxygens (including phenoxy) is 1. The topological polar surface area (TPSA) is 47.0 Å². The van der Waals surface area contributed by atoms with Gasteiger partial charge in [0.1, 0.15) is 11.6 Å². The van der Waals surface area contributed by atoms with Gasteiger partial charge in [-0.15, -0.1) is 10.2 Å². The molecule has 1 aliphatic carbocycles. The number of anilines is 1. The Hall–Kier alpha value is -0.680. The lowest BCUT2D eigenvalue weighted by Gasteiger charge is -2.26. The minimum absolute atomic E-state index is 0.422. The summed E-state index contributed by atoms with van der Waals surface area (Å²) >= 11 is 1.56. The molecule has 0 spiro atoms. The first-order chi connectivity index (χ1) is 7.78. The van der Waals surface area contributed by atoms with Gasteiger partial charge in [0, 0.05) is 7.05 Å². The Labute approximate surface area is 100 Å². The zero-order valence-electron chi connectivity index (χ0n) is 9.90. The molecule has 0 amide bonds. The zero-order chi connectivity index (χ0) is 11.4. The van der Waals surface area contributed by atoms with E-state index in [4.69, 9.17) is 4.74 Å². The molecule has 1 saturated carbocycles. The van der Waals surface area contributed by atoms with E-state index in [9.17, 15) is 0 Å². The van der Waals surface area contributed by atoms with Crippen LogP contribution in [0.1, 0.15) is 37.6 Å². The van der Waals surface area contributed by atoms with Crippen LogP contribution in [0.25, 0.3) is 0 Å². The van der Waals surface area contributed by atoms with Crippen molar-refractivity contribution >= 4 is 16.5 Å². The van der Waals surface area contributed by atoms with Crippen LogP contribution in [0.5, 0.6) is 0 Å². The van der Waals surface area contributed by atoms with Crippen LogP contribution in [0.3, 0.4) is 0 Å². The maximum atomic E-state index is 5.88. The molecule has 1 fully saturated rings. The molecule has 2 unspecified atom stereocenters. The van der Waals surface area contributed by atoms with Crippen molar-refractivity contribution < 1.29 is 4.74 Å². The van der Waals surface area contributed by atoms with E-state index in [0.717, 1.165) is 16.1 Å². The zero-order valence-corrected chi connectivity index (χ0v) is 10.7. The van der Waals surface area contributed by atoms with Crippen molar-refractivity contribution in [2.75, 3.05) is 12.4 Å². The van der Waals surface area contributed by atoms with Crippen molar-refractivity contribution in [3.63, 3.8) is 0 Å². The Balaban J connectivity index is 1.78. The van der Waals surface area contributed by atoms with Crippen LogP contribution in [0.2, 0.25) is 0 Å². The summed E-state index contributed by atoms with van der Waals surface area (Å²) in [5, 5.41) is 12.9. The van der Waals surface area contributed by atoms with E-state index in [0.29, 0.717) is 12.7 Å². The molecule has 90 valence electrons. The third-order valence-electron chi connectivity index (χ3n) is 3.01. The highest BCUT2D eigenvalue weighted by atomic mass is 32.1. The normalized spacial score (nSPS) is 25.6. The molecule has 4 nitrogen and oxygen atoms in total. The number of rotatable bonds is 4. The highest BCUT2D eigenvalue weighted by Crippen LogP contribution is 2.26. The predicted molar refractivity (Wildman–Crippen MR) is 65.7 cm³/mol. The number of nitrogens with one attached hydrogen (secondary N) is 1. The lowest BCUT2D eigenvalue weighted by Crippen LogP contribution is -2.21. The smallest absolute Gasteiger partial charge is 0.205 e. The number of hydrogen-bond acceptors (Lipinski definition) is 5. The maximum Gasteiger partial charge on any atom is 0.205 e. The summed E-state index contributed by atoms with van der Waals surface area (Å²) < 4.78 is 5.88. The molecular weight excluding hydrogens is 222 g/mol. The van der Waals surface area contributed by atoms with Crippen LogP contribution in [-0.4, -0.2) is 23.3 Å². The fourth-order valence-electron chi connectivity index (χ4n) is 2.13. The van der Waals surface area contributed by atoms with E-state index in [1.54, 1.807) is 11.3 Å². The van der Waals surface area contributed by atoms with Crippen molar-refractivity contribution in [2.45, 2.75) is 45.3 Å². The lowest BCUT2D eigenvalue weighted by molar-refractivity contribution is 0.00439. The van der Waals surface area contributed by atoms with E-state index < -0.39 is 0 Å². The third kappa shape index (κ3) is 3.15. The van der Waals surface area contributed by atoms with E-state index in [1.165, 1.54) is 25.7 Å². The molecule has 1 heterocycles. The van der Waals surface area contributed by atoms with Crippen LogP contribution < -0.4 is 5.32 Å². The summed E-state index contributed by atoms with van der Waals surface area (Å²) in [6, 6.07) is 0. The van der Waals surface area contributed by atoms with E-state index in [2.05, 4.69) is 22.4 Å². The molecule has 0 aliphatic heterocycles. The number of aromatic nitrogens is 2. The lowest BCUT2D eigenvalue weighted by atomic mass is 9.89. The van der Waals surface area contributed by atoms with Gasteiger partial charge in [0.15, 0.2) is 0 Å². The summed E-state index contributed by atoms with van der Waals surface area (Å²) in [7, 11) is 1.86. The van der Waals surface area contributed by atoms with Crippen molar-refractivity contribution in [1.29, 1.82) is 0 Å². The largest absolute Gasteiger partial charge is 0.371 e.